The minimum absolute atomic E-state index is 0.0424. The Morgan fingerprint density at radius 3 is 1.96 bits per heavy atom. The normalized spacial score (nSPS) is 15.6. The first kappa shape index (κ1) is 20.0. The van der Waals surface area contributed by atoms with E-state index in [1.165, 1.54) is 67.7 Å². The Kier molecular flexibility index (Phi) is 5.60. The van der Waals surface area contributed by atoms with E-state index in [1.54, 1.807) is 0 Å². The molecule has 10 heteroatoms. The number of hydrogen-bond donors (Lipinski definition) is 1. The number of amides is 4. The van der Waals surface area contributed by atoms with Gasteiger partial charge in [-0.05, 0) is 24.4 Å². The third-order valence-electron chi connectivity index (χ3n) is 4.06. The Morgan fingerprint density at radius 1 is 0.852 bits per heavy atom. The Balaban J connectivity index is 2.29. The van der Waals surface area contributed by atoms with Gasteiger partial charge >= 0.3 is 6.03 Å². The van der Waals surface area contributed by atoms with E-state index in [-0.39, 0.29) is 21.8 Å². The van der Waals surface area contributed by atoms with Gasteiger partial charge < -0.3 is 5.11 Å². The molecule has 1 saturated heterocycles. The fraction of sp³-hybridized carbons (Fsp3) is 0.235. The van der Waals surface area contributed by atoms with Crippen LogP contribution in [0.2, 0.25) is 0 Å². The number of likely N-dealkylation sites (N-methyl/N-ethyl adjacent to an activating group) is 2. The lowest BCUT2D eigenvalue weighted by atomic mass is 10.1. The van der Waals surface area contributed by atoms with Gasteiger partial charge in [-0.1, -0.05) is 18.2 Å². The number of carbonyl (C=O) groups is 3. The molecule has 0 unspecified atom stereocenters. The van der Waals surface area contributed by atoms with Crippen LogP contribution >= 0.6 is 12.2 Å². The van der Waals surface area contributed by atoms with Crippen molar-refractivity contribution in [3.8, 4) is 5.88 Å². The molecule has 0 atom stereocenters. The second-order valence-electron chi connectivity index (χ2n) is 5.78. The highest BCUT2D eigenvalue weighted by Crippen LogP contribution is 2.15. The zero-order chi connectivity index (χ0) is 20.5. The van der Waals surface area contributed by atoms with Crippen LogP contribution in [-0.2, 0) is 23.7 Å². The van der Waals surface area contributed by atoms with Crippen LogP contribution in [0.25, 0.3) is 6.08 Å². The summed E-state index contributed by atoms with van der Waals surface area (Å²) in [5, 5.41) is 10.1. The van der Waals surface area contributed by atoms with Gasteiger partial charge in [0.1, 0.15) is 11.1 Å². The summed E-state index contributed by atoms with van der Waals surface area (Å²) >= 11 is 5.03. The molecule has 0 saturated carbocycles. The quantitative estimate of drug-likeness (QED) is 0.353. The smallest absolute Gasteiger partial charge is 0.333 e. The molecule has 4 amide bonds. The summed E-state index contributed by atoms with van der Waals surface area (Å²) in [6.07, 6.45) is 7.02. The van der Waals surface area contributed by atoms with E-state index in [1.807, 2.05) is 0 Å². The molecule has 1 aliphatic rings. The monoisotopic (exact) mass is 390 g/mol. The zero-order valence-corrected chi connectivity index (χ0v) is 16.0. The van der Waals surface area contributed by atoms with Crippen molar-refractivity contribution in [2.75, 3.05) is 14.1 Å². The highest BCUT2D eigenvalue weighted by atomic mass is 32.1. The molecule has 0 bridgehead atoms. The third kappa shape index (κ3) is 3.51. The third-order valence-corrected chi connectivity index (χ3v) is 4.61. The molecular formula is C17H18N4O5S. The highest BCUT2D eigenvalue weighted by Gasteiger charge is 2.37. The number of rotatable bonds is 3. The summed E-state index contributed by atoms with van der Waals surface area (Å²) < 4.78 is 2.69. The number of hydrogen-bond acceptors (Lipinski definition) is 6. The zero-order valence-electron chi connectivity index (χ0n) is 15.2. The summed E-state index contributed by atoms with van der Waals surface area (Å²) in [7, 11) is 5.60. The lowest BCUT2D eigenvalue weighted by molar-refractivity contribution is -0.134. The number of barbiturate groups is 1. The number of urea groups is 1. The first-order valence-corrected chi connectivity index (χ1v) is 8.14. The predicted octanol–water partition coefficient (Wildman–Crippen LogP) is 0.705. The van der Waals surface area contributed by atoms with Crippen molar-refractivity contribution >= 4 is 36.1 Å². The Bertz CT molecular complexity index is 1020. The van der Waals surface area contributed by atoms with E-state index in [0.29, 0.717) is 0 Å². The number of allylic oxidation sites excluding steroid dienone is 4. The van der Waals surface area contributed by atoms with Gasteiger partial charge in [0.05, 0.1) is 0 Å². The summed E-state index contributed by atoms with van der Waals surface area (Å²) in [4.78, 5) is 49.5. The fourth-order valence-electron chi connectivity index (χ4n) is 2.37. The first-order chi connectivity index (χ1) is 12.6. The molecule has 1 aromatic rings. The van der Waals surface area contributed by atoms with E-state index in [2.05, 4.69) is 0 Å². The Morgan fingerprint density at radius 2 is 1.41 bits per heavy atom. The van der Waals surface area contributed by atoms with Crippen molar-refractivity contribution in [1.82, 2.24) is 18.9 Å². The van der Waals surface area contributed by atoms with Crippen LogP contribution in [0.5, 0.6) is 5.88 Å². The molecule has 1 N–H and O–H groups in total. The molecule has 27 heavy (non-hydrogen) atoms. The largest absolute Gasteiger partial charge is 0.494 e. The van der Waals surface area contributed by atoms with Crippen LogP contribution in [0.3, 0.4) is 0 Å². The number of imide groups is 2. The van der Waals surface area contributed by atoms with Crippen molar-refractivity contribution in [3.63, 3.8) is 0 Å². The molecule has 2 heterocycles. The van der Waals surface area contributed by atoms with E-state index in [0.717, 1.165) is 9.80 Å². The maximum atomic E-state index is 12.2. The van der Waals surface area contributed by atoms with Crippen LogP contribution in [0, 0.1) is 4.77 Å². The predicted molar refractivity (Wildman–Crippen MR) is 100 cm³/mol. The minimum Gasteiger partial charge on any atom is -0.494 e. The lowest BCUT2D eigenvalue weighted by Gasteiger charge is -2.28. The minimum atomic E-state index is -0.699. The number of carbonyl (C=O) groups excluding carboxylic acids is 3. The van der Waals surface area contributed by atoms with Gasteiger partial charge in [-0.25, -0.2) is 4.79 Å². The molecule has 1 aromatic heterocycles. The van der Waals surface area contributed by atoms with Crippen LogP contribution < -0.4 is 5.56 Å². The molecule has 142 valence electrons. The van der Waals surface area contributed by atoms with Crippen molar-refractivity contribution in [3.05, 3.63) is 50.6 Å². The second kappa shape index (κ2) is 7.54. The molecule has 0 aliphatic carbocycles. The molecule has 0 aromatic carbocycles. The fourth-order valence-corrected chi connectivity index (χ4v) is 2.54. The van der Waals surface area contributed by atoms with E-state index in [9.17, 15) is 24.3 Å². The van der Waals surface area contributed by atoms with Crippen LogP contribution in [-0.4, -0.2) is 56.0 Å². The summed E-state index contributed by atoms with van der Waals surface area (Å²) in [6.45, 7) is 0. The van der Waals surface area contributed by atoms with Gasteiger partial charge in [-0.2, -0.15) is 0 Å². The van der Waals surface area contributed by atoms with Crippen molar-refractivity contribution in [1.29, 1.82) is 0 Å². The Hall–Kier alpha value is -3.27. The molecule has 1 aliphatic heterocycles. The van der Waals surface area contributed by atoms with E-state index < -0.39 is 23.4 Å². The first-order valence-electron chi connectivity index (χ1n) is 7.73. The van der Waals surface area contributed by atoms with Crippen molar-refractivity contribution < 1.29 is 19.5 Å². The molecule has 2 rings (SSSR count). The average molecular weight is 390 g/mol. The summed E-state index contributed by atoms with van der Waals surface area (Å²) in [5.74, 6) is -1.67. The number of aromatic hydroxyl groups is 1. The summed E-state index contributed by atoms with van der Waals surface area (Å²) in [6, 6.07) is -0.699. The summed E-state index contributed by atoms with van der Waals surface area (Å²) in [5.41, 5.74) is -0.580. The highest BCUT2D eigenvalue weighted by molar-refractivity contribution is 7.71. The average Bonchev–Trinajstić information content (AvgIpc) is 2.66. The van der Waals surface area contributed by atoms with Crippen LogP contribution in [0.1, 0.15) is 5.56 Å². The molecule has 9 nitrogen and oxygen atoms in total. The van der Waals surface area contributed by atoms with E-state index in [4.69, 9.17) is 12.2 Å². The van der Waals surface area contributed by atoms with Gasteiger partial charge in [0.15, 0.2) is 4.77 Å². The Labute approximate surface area is 159 Å². The van der Waals surface area contributed by atoms with Gasteiger partial charge in [-0.3, -0.25) is 33.3 Å². The number of aromatic nitrogens is 2. The van der Waals surface area contributed by atoms with Crippen LogP contribution in [0.4, 0.5) is 4.79 Å². The molecular weight excluding hydrogens is 372 g/mol. The maximum Gasteiger partial charge on any atom is 0.333 e. The van der Waals surface area contributed by atoms with Gasteiger partial charge in [0, 0.05) is 28.2 Å². The van der Waals surface area contributed by atoms with Crippen LogP contribution in [0.15, 0.2) is 34.7 Å². The molecule has 0 radical (unpaired) electrons. The van der Waals surface area contributed by atoms with Crippen molar-refractivity contribution in [2.24, 2.45) is 14.1 Å². The van der Waals surface area contributed by atoms with E-state index >= 15 is 0 Å². The van der Waals surface area contributed by atoms with Gasteiger partial charge in [0.25, 0.3) is 17.4 Å². The van der Waals surface area contributed by atoms with Gasteiger partial charge in [-0.15, -0.1) is 0 Å². The molecule has 0 spiro atoms. The maximum absolute atomic E-state index is 12.2. The SMILES string of the molecule is CN1C(=O)C(=CC=CC=Cc2c(O)n(C)c(=S)n(C)c2=O)C(=O)N(C)C1=O. The van der Waals surface area contributed by atoms with Crippen molar-refractivity contribution in [2.45, 2.75) is 0 Å². The standard InChI is InChI=1S/C17H18N4O5S/c1-18-12(22)10(13(23)19(2)16(18)26)8-6-5-7-9-11-14(24)20(3)17(27)21(4)15(11)25/h5-9,24H,1-4H3. The molecule has 1 fully saturated rings. The lowest BCUT2D eigenvalue weighted by Crippen LogP contribution is -2.52. The topological polar surface area (TPSA) is 105 Å². The second-order valence-corrected chi connectivity index (χ2v) is 6.14. The van der Waals surface area contributed by atoms with Gasteiger partial charge in [0.2, 0.25) is 5.88 Å². The number of nitrogens with zero attached hydrogens (tertiary/aromatic N) is 4.